The van der Waals surface area contributed by atoms with E-state index in [0.29, 0.717) is 22.5 Å². The van der Waals surface area contributed by atoms with Crippen molar-refractivity contribution < 1.29 is 37.5 Å². The highest BCUT2D eigenvalue weighted by Crippen LogP contribution is 2.27. The monoisotopic (exact) mass is 723 g/mol. The Balaban J connectivity index is 1.20. The van der Waals surface area contributed by atoms with E-state index in [2.05, 4.69) is 52.2 Å². The van der Waals surface area contributed by atoms with Gasteiger partial charge < -0.3 is 19.7 Å². The van der Waals surface area contributed by atoms with Crippen LogP contribution in [0.4, 0.5) is 29.9 Å². The Hall–Kier alpha value is -5.64. The minimum atomic E-state index is -1.41. The topological polar surface area (TPSA) is 184 Å². The third kappa shape index (κ3) is 8.58. The highest BCUT2D eigenvalue weighted by atomic mass is 79.9. The van der Waals surface area contributed by atoms with Gasteiger partial charge in [0.2, 0.25) is 5.82 Å². The second-order valence-corrected chi connectivity index (χ2v) is 12.3. The van der Waals surface area contributed by atoms with E-state index in [-0.39, 0.29) is 39.6 Å². The normalized spacial score (nSPS) is 11.9. The van der Waals surface area contributed by atoms with Crippen LogP contribution in [0.3, 0.4) is 0 Å². The van der Waals surface area contributed by atoms with Crippen molar-refractivity contribution in [2.75, 3.05) is 10.6 Å². The fourth-order valence-electron chi connectivity index (χ4n) is 4.38. The molecule has 1 atom stereocenters. The van der Waals surface area contributed by atoms with Gasteiger partial charge in [0.25, 0.3) is 5.89 Å². The first-order valence-corrected chi connectivity index (χ1v) is 15.1. The number of nitrogens with zero attached hydrogens (tertiary/aromatic N) is 3. The predicted molar refractivity (Wildman–Crippen MR) is 174 cm³/mol. The number of carbonyl (C=O) groups is 3. The highest BCUT2D eigenvalue weighted by molar-refractivity contribution is 9.10. The van der Waals surface area contributed by atoms with Gasteiger partial charge in [-0.15, -0.1) is 0 Å². The predicted octanol–water partition coefficient (Wildman–Crippen LogP) is 7.00. The Morgan fingerprint density at radius 1 is 0.979 bits per heavy atom. The molecule has 0 fully saturated rings. The molecule has 0 bridgehead atoms. The van der Waals surface area contributed by atoms with E-state index in [4.69, 9.17) is 9.26 Å². The lowest BCUT2D eigenvalue weighted by Crippen LogP contribution is -2.44. The Morgan fingerprint density at radius 3 is 2.38 bits per heavy atom. The number of carboxylic acid groups (broad SMARTS) is 1. The van der Waals surface area contributed by atoms with Crippen LogP contribution < -0.4 is 16.0 Å². The van der Waals surface area contributed by atoms with Gasteiger partial charge >= 0.3 is 18.1 Å². The van der Waals surface area contributed by atoms with Gasteiger partial charge in [0.15, 0.2) is 0 Å². The van der Waals surface area contributed by atoms with Crippen LogP contribution in [-0.2, 0) is 16.0 Å². The lowest BCUT2D eigenvalue weighted by Gasteiger charge is -2.19. The molecule has 48 heavy (non-hydrogen) atoms. The smallest absolute Gasteiger partial charge is 0.412 e. The molecule has 0 spiro atoms. The molecule has 5 N–H and O–H groups in total. The molecule has 248 valence electrons. The van der Waals surface area contributed by atoms with Crippen molar-refractivity contribution in [3.63, 3.8) is 0 Å². The van der Waals surface area contributed by atoms with Gasteiger partial charge in [-0.05, 0) is 96.9 Å². The fourth-order valence-corrected chi connectivity index (χ4v) is 4.75. The second-order valence-electron chi connectivity index (χ2n) is 11.4. The third-order valence-electron chi connectivity index (χ3n) is 6.56. The number of halogens is 3. The summed E-state index contributed by atoms with van der Waals surface area (Å²) in [7, 11) is 0. The standard InChI is InChI=1S/C32H28BrF2N7O6/c1-32(2,3)47-31(46)36-19-8-5-17(6-9-19)28-39-27(42-48-28)20-10-4-16(12-23(20)35)13-25(29(43)44)37-30(45)38-26-15-24(40-41-26)18-7-11-22(34)21(33)14-18/h4-12,14-15,25H,13H2,1-3H3,(H,36,46)(H,43,44)(H3,37,38,40,41,45). The number of rotatable bonds is 9. The number of aliphatic carboxylic acids is 1. The van der Waals surface area contributed by atoms with Gasteiger partial charge in [0, 0.05) is 29.3 Å². The molecule has 0 saturated carbocycles. The number of anilines is 2. The zero-order valence-corrected chi connectivity index (χ0v) is 27.2. The number of hydrogen-bond acceptors (Lipinski definition) is 8. The Morgan fingerprint density at radius 2 is 1.71 bits per heavy atom. The van der Waals surface area contributed by atoms with Crippen LogP contribution in [0.1, 0.15) is 26.3 Å². The average molecular weight is 725 g/mol. The summed E-state index contributed by atoms with van der Waals surface area (Å²) in [6, 6.07) is 14.0. The quantitative estimate of drug-likeness (QED) is 0.107. The Bertz CT molecular complexity index is 1970. The number of benzene rings is 3. The summed E-state index contributed by atoms with van der Waals surface area (Å²) in [6.45, 7) is 5.26. The first-order chi connectivity index (χ1) is 22.7. The summed E-state index contributed by atoms with van der Waals surface area (Å²) in [5, 5.41) is 27.7. The molecule has 0 aliphatic rings. The van der Waals surface area contributed by atoms with Gasteiger partial charge in [-0.1, -0.05) is 11.2 Å². The van der Waals surface area contributed by atoms with Crippen LogP contribution in [0.2, 0.25) is 0 Å². The van der Waals surface area contributed by atoms with Gasteiger partial charge in [0.05, 0.1) is 15.7 Å². The maximum absolute atomic E-state index is 15.2. The largest absolute Gasteiger partial charge is 0.480 e. The minimum Gasteiger partial charge on any atom is -0.480 e. The van der Waals surface area contributed by atoms with E-state index < -0.39 is 41.4 Å². The van der Waals surface area contributed by atoms with E-state index in [0.717, 1.165) is 6.07 Å². The Kier molecular flexibility index (Phi) is 9.84. The van der Waals surface area contributed by atoms with E-state index in [1.165, 1.54) is 36.4 Å². The second kappa shape index (κ2) is 14.0. The van der Waals surface area contributed by atoms with Crippen molar-refractivity contribution in [3.8, 4) is 34.1 Å². The Labute approximate surface area is 280 Å². The molecule has 0 aliphatic carbocycles. The number of aromatic amines is 1. The van der Waals surface area contributed by atoms with Crippen LogP contribution in [0.25, 0.3) is 34.1 Å². The number of nitrogens with one attached hydrogen (secondary N) is 4. The molecule has 1 unspecified atom stereocenters. The number of carboxylic acids is 1. The van der Waals surface area contributed by atoms with E-state index in [9.17, 15) is 23.9 Å². The molecule has 16 heteroatoms. The van der Waals surface area contributed by atoms with Crippen LogP contribution >= 0.6 is 15.9 Å². The molecule has 2 heterocycles. The number of H-pyrrole nitrogens is 1. The van der Waals surface area contributed by atoms with Gasteiger partial charge in [-0.3, -0.25) is 15.7 Å². The van der Waals surface area contributed by atoms with Crippen molar-refractivity contribution in [3.05, 3.63) is 88.4 Å². The van der Waals surface area contributed by atoms with Crippen LogP contribution in [0.5, 0.6) is 0 Å². The first kappa shape index (κ1) is 33.7. The van der Waals surface area contributed by atoms with E-state index >= 15 is 4.39 Å². The number of aromatic nitrogens is 4. The summed E-state index contributed by atoms with van der Waals surface area (Å²) in [6.07, 6.45) is -0.845. The lowest BCUT2D eigenvalue weighted by molar-refractivity contribution is -0.139. The van der Waals surface area contributed by atoms with Gasteiger partial charge in [-0.25, -0.2) is 23.2 Å². The van der Waals surface area contributed by atoms with E-state index in [1.54, 1.807) is 45.0 Å². The number of ether oxygens (including phenoxy) is 1. The SMILES string of the molecule is CC(C)(C)OC(=O)Nc1ccc(-c2nc(-c3ccc(CC(NC(=O)Nc4cc(-c5ccc(F)c(Br)c5)n[nH]4)C(=O)O)cc3F)no2)cc1. The fraction of sp³-hybridized carbons (Fsp3) is 0.188. The number of urea groups is 1. The zero-order chi connectivity index (χ0) is 34.6. The maximum atomic E-state index is 15.2. The molecule has 0 aliphatic heterocycles. The number of amides is 3. The molecule has 5 aromatic rings. The minimum absolute atomic E-state index is 0.0118. The summed E-state index contributed by atoms with van der Waals surface area (Å²) in [4.78, 5) is 40.8. The van der Waals surface area contributed by atoms with Crippen molar-refractivity contribution in [2.24, 2.45) is 0 Å². The van der Waals surface area contributed by atoms with Crippen LogP contribution in [-0.4, -0.2) is 55.2 Å². The summed E-state index contributed by atoms with van der Waals surface area (Å²) in [5.41, 5.74) is 1.63. The van der Waals surface area contributed by atoms with Crippen molar-refractivity contribution in [1.29, 1.82) is 0 Å². The zero-order valence-electron chi connectivity index (χ0n) is 25.6. The lowest BCUT2D eigenvalue weighted by atomic mass is 10.0. The molecular formula is C32H28BrF2N7O6. The molecule has 3 aromatic carbocycles. The van der Waals surface area contributed by atoms with Gasteiger partial charge in [-0.2, -0.15) is 10.1 Å². The molecule has 5 rings (SSSR count). The molecule has 0 saturated heterocycles. The summed E-state index contributed by atoms with van der Waals surface area (Å²) in [5.74, 6) is -2.29. The first-order valence-electron chi connectivity index (χ1n) is 14.3. The van der Waals surface area contributed by atoms with Crippen molar-refractivity contribution in [2.45, 2.75) is 38.8 Å². The average Bonchev–Trinajstić information content (AvgIpc) is 3.68. The maximum Gasteiger partial charge on any atom is 0.412 e. The van der Waals surface area contributed by atoms with Crippen molar-refractivity contribution >= 4 is 45.5 Å². The van der Waals surface area contributed by atoms with E-state index in [1.807, 2.05) is 0 Å². The molecular weight excluding hydrogens is 696 g/mol. The molecule has 13 nitrogen and oxygen atoms in total. The number of hydrogen-bond donors (Lipinski definition) is 5. The number of carbonyl (C=O) groups excluding carboxylic acids is 2. The molecule has 2 aromatic heterocycles. The summed E-state index contributed by atoms with van der Waals surface area (Å²) >= 11 is 3.11. The highest BCUT2D eigenvalue weighted by Gasteiger charge is 2.23. The molecule has 3 amide bonds. The molecule has 0 radical (unpaired) electrons. The summed E-state index contributed by atoms with van der Waals surface area (Å²) < 4.78 is 39.5. The van der Waals surface area contributed by atoms with Crippen LogP contribution in [0.15, 0.2) is 75.7 Å². The van der Waals surface area contributed by atoms with Gasteiger partial charge in [0.1, 0.15) is 29.1 Å². The third-order valence-corrected chi connectivity index (χ3v) is 7.17. The van der Waals surface area contributed by atoms with Crippen LogP contribution in [0, 0.1) is 11.6 Å². The van der Waals surface area contributed by atoms with Crippen molar-refractivity contribution in [1.82, 2.24) is 25.7 Å².